The summed E-state index contributed by atoms with van der Waals surface area (Å²) in [5, 5.41) is 48.1. The minimum atomic E-state index is -1.03. The minimum absolute atomic E-state index is 0.0644. The van der Waals surface area contributed by atoms with Crippen LogP contribution in [0.5, 0.6) is 0 Å². The van der Waals surface area contributed by atoms with Crippen molar-refractivity contribution >= 4 is 11.9 Å². The van der Waals surface area contributed by atoms with E-state index in [0.717, 1.165) is 64.2 Å². The summed E-state index contributed by atoms with van der Waals surface area (Å²) in [6.45, 7) is 0. The molecule has 2 N–H and O–H groups in total. The lowest BCUT2D eigenvalue weighted by atomic mass is 9.72. The lowest BCUT2D eigenvalue weighted by Gasteiger charge is -2.37. The third kappa shape index (κ3) is 8.08. The van der Waals surface area contributed by atoms with Crippen molar-refractivity contribution < 1.29 is 19.8 Å². The summed E-state index contributed by atoms with van der Waals surface area (Å²) in [5.74, 6) is -1.56. The molecule has 188 valence electrons. The van der Waals surface area contributed by atoms with Crippen molar-refractivity contribution in [1.29, 1.82) is 10.5 Å². The summed E-state index contributed by atoms with van der Waals surface area (Å²) in [6.07, 6.45) is 13.2. The van der Waals surface area contributed by atoms with E-state index in [1.807, 2.05) is 0 Å². The fourth-order valence-corrected chi connectivity index (χ4v) is 5.69. The molecule has 8 nitrogen and oxygen atoms in total. The van der Waals surface area contributed by atoms with Gasteiger partial charge in [-0.2, -0.15) is 20.8 Å². The van der Waals surface area contributed by atoms with Gasteiger partial charge in [-0.3, -0.25) is 9.59 Å². The minimum Gasteiger partial charge on any atom is -0.481 e. The van der Waals surface area contributed by atoms with Crippen molar-refractivity contribution in [3.05, 3.63) is 0 Å². The van der Waals surface area contributed by atoms with Gasteiger partial charge in [0.05, 0.1) is 12.1 Å². The van der Waals surface area contributed by atoms with Crippen LogP contribution in [-0.2, 0) is 9.59 Å². The Kier molecular flexibility index (Phi) is 11.5. The van der Waals surface area contributed by atoms with E-state index >= 15 is 0 Å². The molecule has 0 amide bonds. The van der Waals surface area contributed by atoms with E-state index in [2.05, 4.69) is 12.1 Å². The van der Waals surface area contributed by atoms with E-state index < -0.39 is 23.0 Å². The van der Waals surface area contributed by atoms with Crippen LogP contribution in [-0.4, -0.2) is 33.2 Å². The SMILES string of the molecule is N#CC(CCCCC(=O)O)(/N=N/C(C#N)(CCCCC(=O)O)C1CCCCC1)C1CCCCC1. The third-order valence-electron chi connectivity index (χ3n) is 7.75. The maximum atomic E-state index is 11.0. The number of rotatable bonds is 14. The Morgan fingerprint density at radius 2 is 1.03 bits per heavy atom. The smallest absolute Gasteiger partial charge is 0.303 e. The van der Waals surface area contributed by atoms with Crippen LogP contribution in [0.3, 0.4) is 0 Å². The average molecular weight is 473 g/mol. The van der Waals surface area contributed by atoms with Crippen LogP contribution in [0.25, 0.3) is 0 Å². The van der Waals surface area contributed by atoms with E-state index in [1.54, 1.807) is 0 Å². The van der Waals surface area contributed by atoms with Gasteiger partial charge in [0, 0.05) is 12.8 Å². The molecule has 0 bridgehead atoms. The van der Waals surface area contributed by atoms with E-state index in [1.165, 1.54) is 0 Å². The molecule has 0 aromatic heterocycles. The highest BCUT2D eigenvalue weighted by molar-refractivity contribution is 5.66. The molecule has 2 atom stereocenters. The van der Waals surface area contributed by atoms with Gasteiger partial charge in [-0.15, -0.1) is 0 Å². The second-order valence-corrected chi connectivity index (χ2v) is 10.1. The van der Waals surface area contributed by atoms with E-state index in [4.69, 9.17) is 20.4 Å². The fraction of sp³-hybridized carbons (Fsp3) is 0.846. The molecule has 0 aromatic rings. The summed E-state index contributed by atoms with van der Waals surface area (Å²) in [5.41, 5.74) is -2.06. The summed E-state index contributed by atoms with van der Waals surface area (Å²) in [4.78, 5) is 21.9. The predicted octanol–water partition coefficient (Wildman–Crippen LogP) is 6.41. The summed E-state index contributed by atoms with van der Waals surface area (Å²) in [7, 11) is 0. The normalized spacial score (nSPS) is 21.2. The quantitative estimate of drug-likeness (QED) is 0.220. The summed E-state index contributed by atoms with van der Waals surface area (Å²) < 4.78 is 0. The number of carboxylic acids is 2. The molecule has 0 aliphatic heterocycles. The molecule has 2 aliphatic carbocycles. The Hall–Kier alpha value is -2.48. The molecule has 2 saturated carbocycles. The topological polar surface area (TPSA) is 147 Å². The molecule has 0 radical (unpaired) electrons. The maximum absolute atomic E-state index is 11.0. The number of hydrogen-bond donors (Lipinski definition) is 2. The Labute approximate surface area is 203 Å². The highest BCUT2D eigenvalue weighted by Crippen LogP contribution is 2.42. The van der Waals surface area contributed by atoms with Gasteiger partial charge in [0.25, 0.3) is 0 Å². The van der Waals surface area contributed by atoms with Gasteiger partial charge in [-0.25, -0.2) is 0 Å². The van der Waals surface area contributed by atoms with Gasteiger partial charge in [0.15, 0.2) is 11.1 Å². The van der Waals surface area contributed by atoms with Gasteiger partial charge in [0.2, 0.25) is 0 Å². The molecule has 2 aliphatic rings. The molecule has 2 unspecified atom stereocenters. The zero-order chi connectivity index (χ0) is 24.9. The van der Waals surface area contributed by atoms with Gasteiger partial charge >= 0.3 is 11.9 Å². The van der Waals surface area contributed by atoms with Gasteiger partial charge in [-0.1, -0.05) is 38.5 Å². The standard InChI is InChI=1S/C26H40N4O4/c27-19-25(17-9-7-15-23(31)32,21-11-3-1-4-12-21)29-30-26(20-28,18-10-8-16-24(33)34)22-13-5-2-6-14-22/h21-22H,1-18H2,(H,31,32)(H,33,34)/b30-29+. The first kappa shape index (κ1) is 27.8. The van der Waals surface area contributed by atoms with Crippen molar-refractivity contribution in [3.8, 4) is 12.1 Å². The first-order valence-electron chi connectivity index (χ1n) is 13.1. The fourth-order valence-electron chi connectivity index (χ4n) is 5.69. The van der Waals surface area contributed by atoms with Crippen LogP contribution in [0.4, 0.5) is 0 Å². The summed E-state index contributed by atoms with van der Waals surface area (Å²) in [6, 6.07) is 4.92. The van der Waals surface area contributed by atoms with Crippen molar-refractivity contribution in [2.75, 3.05) is 0 Å². The maximum Gasteiger partial charge on any atom is 0.303 e. The Morgan fingerprint density at radius 1 is 0.676 bits per heavy atom. The first-order valence-corrected chi connectivity index (χ1v) is 13.1. The van der Waals surface area contributed by atoms with E-state index in [-0.39, 0.29) is 24.7 Å². The highest BCUT2D eigenvalue weighted by atomic mass is 16.4. The zero-order valence-electron chi connectivity index (χ0n) is 20.4. The van der Waals surface area contributed by atoms with Gasteiger partial charge in [-0.05, 0) is 76.0 Å². The van der Waals surface area contributed by atoms with Crippen LogP contribution >= 0.6 is 0 Å². The zero-order valence-corrected chi connectivity index (χ0v) is 20.4. The third-order valence-corrected chi connectivity index (χ3v) is 7.75. The van der Waals surface area contributed by atoms with Crippen molar-refractivity contribution in [1.82, 2.24) is 0 Å². The number of aliphatic carboxylic acids is 2. The second-order valence-electron chi connectivity index (χ2n) is 10.1. The summed E-state index contributed by atoms with van der Waals surface area (Å²) >= 11 is 0. The van der Waals surface area contributed by atoms with E-state index in [0.29, 0.717) is 38.5 Å². The van der Waals surface area contributed by atoms with Gasteiger partial charge in [0.1, 0.15) is 0 Å². The molecule has 34 heavy (non-hydrogen) atoms. The first-order chi connectivity index (χ1) is 16.4. The lowest BCUT2D eigenvalue weighted by molar-refractivity contribution is -0.138. The van der Waals surface area contributed by atoms with Crippen LogP contribution in [0.15, 0.2) is 10.2 Å². The largest absolute Gasteiger partial charge is 0.481 e. The van der Waals surface area contributed by atoms with Crippen LogP contribution in [0.2, 0.25) is 0 Å². The molecule has 2 rings (SSSR count). The molecule has 0 saturated heterocycles. The van der Waals surface area contributed by atoms with Crippen molar-refractivity contribution in [2.24, 2.45) is 22.1 Å². The van der Waals surface area contributed by atoms with E-state index in [9.17, 15) is 20.1 Å². The second kappa shape index (κ2) is 14.0. The number of carboxylic acid groups (broad SMARTS) is 2. The van der Waals surface area contributed by atoms with Crippen LogP contribution in [0, 0.1) is 34.5 Å². The van der Waals surface area contributed by atoms with Crippen molar-refractivity contribution in [3.63, 3.8) is 0 Å². The number of unbranched alkanes of at least 4 members (excludes halogenated alkanes) is 2. The predicted molar refractivity (Wildman–Crippen MR) is 127 cm³/mol. The van der Waals surface area contributed by atoms with Crippen molar-refractivity contribution in [2.45, 2.75) is 127 Å². The van der Waals surface area contributed by atoms with Crippen LogP contribution in [0.1, 0.15) is 116 Å². The number of carbonyl (C=O) groups is 2. The lowest BCUT2D eigenvalue weighted by Crippen LogP contribution is -2.39. The molecule has 0 spiro atoms. The molecule has 8 heteroatoms. The molecular formula is C26H40N4O4. The van der Waals surface area contributed by atoms with Crippen LogP contribution < -0.4 is 0 Å². The Bertz CT molecular complexity index is 711. The molecular weight excluding hydrogens is 432 g/mol. The molecule has 0 aromatic carbocycles. The molecule has 2 fully saturated rings. The van der Waals surface area contributed by atoms with Gasteiger partial charge < -0.3 is 10.2 Å². The average Bonchev–Trinajstić information content (AvgIpc) is 2.86. The number of azo groups is 1. The number of nitrogens with zero attached hydrogens (tertiary/aromatic N) is 4. The number of nitriles is 2. The number of hydrogen-bond acceptors (Lipinski definition) is 6. The highest BCUT2D eigenvalue weighted by Gasteiger charge is 2.44. The Balaban J connectivity index is 2.30. The Morgan fingerprint density at radius 3 is 1.32 bits per heavy atom. The monoisotopic (exact) mass is 472 g/mol. The molecule has 0 heterocycles.